The molecule has 0 saturated heterocycles. The number of pyridine rings is 1. The van der Waals surface area contributed by atoms with Crippen molar-refractivity contribution in [3.63, 3.8) is 0 Å². The monoisotopic (exact) mass is 439 g/mol. The summed E-state index contributed by atoms with van der Waals surface area (Å²) in [5.41, 5.74) is 0.676. The number of thioether (sulfide) groups is 1. The van der Waals surface area contributed by atoms with Crippen LogP contribution in [0.5, 0.6) is 0 Å². The summed E-state index contributed by atoms with van der Waals surface area (Å²) >= 11 is 7.10. The van der Waals surface area contributed by atoms with Gasteiger partial charge in [-0.2, -0.15) is 13.2 Å². The molecule has 1 aliphatic rings. The van der Waals surface area contributed by atoms with Crippen LogP contribution in [-0.4, -0.2) is 27.6 Å². The zero-order chi connectivity index (χ0) is 21.2. The number of carbonyl (C=O) groups excluding carboxylic acids is 2. The van der Waals surface area contributed by atoms with Crippen LogP contribution in [0.15, 0.2) is 47.2 Å². The molecule has 0 aliphatic carbocycles. The minimum Gasteiger partial charge on any atom is -0.300 e. The van der Waals surface area contributed by atoms with Gasteiger partial charge in [-0.05, 0) is 24.6 Å². The summed E-state index contributed by atoms with van der Waals surface area (Å²) in [5.74, 6) is -0.204. The van der Waals surface area contributed by atoms with E-state index in [0.29, 0.717) is 16.3 Å². The SMILES string of the molecule is CC(=O)CSC1=N/C(=C/c2ccc(-c3ncc(C(F)(F)F)cc3Cl)cc2)C(=O)N1. The third kappa shape index (κ3) is 5.24. The van der Waals surface area contributed by atoms with E-state index in [0.717, 1.165) is 24.0 Å². The van der Waals surface area contributed by atoms with E-state index in [9.17, 15) is 22.8 Å². The molecule has 150 valence electrons. The fourth-order valence-corrected chi connectivity index (χ4v) is 3.33. The number of ketones is 1. The Labute approximate surface area is 173 Å². The molecular formula is C19H13ClF3N3O2S. The Morgan fingerprint density at radius 2 is 1.97 bits per heavy atom. The van der Waals surface area contributed by atoms with Crippen LogP contribution in [-0.2, 0) is 15.8 Å². The number of Topliss-reactive ketones (excluding diaryl/α,β-unsaturated/α-hetero) is 1. The average molecular weight is 440 g/mol. The van der Waals surface area contributed by atoms with Crippen LogP contribution in [0.25, 0.3) is 17.3 Å². The second-order valence-corrected chi connectivity index (χ2v) is 7.44. The fourth-order valence-electron chi connectivity index (χ4n) is 2.39. The molecule has 0 spiro atoms. The summed E-state index contributed by atoms with van der Waals surface area (Å²) in [6.07, 6.45) is -2.23. The highest BCUT2D eigenvalue weighted by Crippen LogP contribution is 2.34. The van der Waals surface area contributed by atoms with Crippen molar-refractivity contribution in [2.45, 2.75) is 13.1 Å². The Bertz CT molecular complexity index is 1030. The fraction of sp³-hybridized carbons (Fsp3) is 0.158. The standard InChI is InChI=1S/C19H13ClF3N3O2S/c1-10(27)9-29-18-25-15(17(28)26-18)6-11-2-4-12(5-3-11)16-14(20)7-13(8-24-16)19(21,22)23/h2-8H,9H2,1H3,(H,25,26,28)/b15-6+. The number of benzene rings is 1. The first-order valence-corrected chi connectivity index (χ1v) is 9.57. The average Bonchev–Trinajstić information content (AvgIpc) is 2.99. The highest BCUT2D eigenvalue weighted by Gasteiger charge is 2.31. The highest BCUT2D eigenvalue weighted by atomic mass is 35.5. The van der Waals surface area contributed by atoms with Gasteiger partial charge in [0.05, 0.1) is 22.0 Å². The van der Waals surface area contributed by atoms with Gasteiger partial charge in [-0.3, -0.25) is 19.9 Å². The molecule has 0 saturated carbocycles. The van der Waals surface area contributed by atoms with Crippen molar-refractivity contribution >= 4 is 46.3 Å². The summed E-state index contributed by atoms with van der Waals surface area (Å²) in [7, 11) is 0. The lowest BCUT2D eigenvalue weighted by molar-refractivity contribution is -0.137. The van der Waals surface area contributed by atoms with Crippen LogP contribution in [0.2, 0.25) is 5.02 Å². The summed E-state index contributed by atoms with van der Waals surface area (Å²) in [5, 5.41) is 2.82. The molecule has 0 atom stereocenters. The predicted molar refractivity (Wildman–Crippen MR) is 106 cm³/mol. The van der Waals surface area contributed by atoms with E-state index in [-0.39, 0.29) is 33.9 Å². The van der Waals surface area contributed by atoms with Gasteiger partial charge in [-0.1, -0.05) is 47.6 Å². The number of rotatable bonds is 4. The van der Waals surface area contributed by atoms with Crippen molar-refractivity contribution in [1.29, 1.82) is 0 Å². The van der Waals surface area contributed by atoms with Crippen LogP contribution >= 0.6 is 23.4 Å². The molecular weight excluding hydrogens is 427 g/mol. The van der Waals surface area contributed by atoms with E-state index in [1.165, 1.54) is 6.92 Å². The van der Waals surface area contributed by atoms with E-state index in [4.69, 9.17) is 11.6 Å². The Hall–Kier alpha value is -2.65. The summed E-state index contributed by atoms with van der Waals surface area (Å²) in [6.45, 7) is 1.44. The molecule has 0 radical (unpaired) electrons. The van der Waals surface area contributed by atoms with Crippen molar-refractivity contribution in [3.8, 4) is 11.3 Å². The van der Waals surface area contributed by atoms with Crippen LogP contribution in [0.3, 0.4) is 0 Å². The number of nitrogens with zero attached hydrogens (tertiary/aromatic N) is 2. The number of carbonyl (C=O) groups is 2. The summed E-state index contributed by atoms with van der Waals surface area (Å²) in [4.78, 5) is 31.0. The number of amides is 1. The van der Waals surface area contributed by atoms with Crippen LogP contribution in [0, 0.1) is 0 Å². The molecule has 1 aromatic carbocycles. The Kier molecular flexibility index (Phi) is 6.09. The first-order chi connectivity index (χ1) is 13.6. The molecule has 5 nitrogen and oxygen atoms in total. The maximum absolute atomic E-state index is 12.7. The molecule has 1 amide bonds. The Morgan fingerprint density at radius 3 is 2.55 bits per heavy atom. The van der Waals surface area contributed by atoms with Crippen LogP contribution in [0.4, 0.5) is 13.2 Å². The number of hydrogen-bond donors (Lipinski definition) is 1. The topological polar surface area (TPSA) is 71.4 Å². The first kappa shape index (κ1) is 21.1. The molecule has 1 N–H and O–H groups in total. The van der Waals surface area contributed by atoms with Crippen molar-refractivity contribution in [3.05, 3.63) is 58.4 Å². The predicted octanol–water partition coefficient (Wildman–Crippen LogP) is 4.57. The molecule has 0 fully saturated rings. The van der Waals surface area contributed by atoms with E-state index < -0.39 is 11.7 Å². The molecule has 0 bridgehead atoms. The maximum atomic E-state index is 12.7. The lowest BCUT2D eigenvalue weighted by Gasteiger charge is -2.09. The number of aromatic nitrogens is 1. The molecule has 1 aliphatic heterocycles. The lowest BCUT2D eigenvalue weighted by Crippen LogP contribution is -2.22. The maximum Gasteiger partial charge on any atom is 0.417 e. The number of hydrogen-bond acceptors (Lipinski definition) is 5. The molecule has 1 aromatic heterocycles. The van der Waals surface area contributed by atoms with Gasteiger partial charge in [0.15, 0.2) is 5.17 Å². The van der Waals surface area contributed by atoms with Gasteiger partial charge in [-0.25, -0.2) is 4.99 Å². The largest absolute Gasteiger partial charge is 0.417 e. The third-order valence-electron chi connectivity index (χ3n) is 3.74. The smallest absolute Gasteiger partial charge is 0.300 e. The van der Waals surface area contributed by atoms with Crippen molar-refractivity contribution in [1.82, 2.24) is 10.3 Å². The second kappa shape index (κ2) is 8.38. The van der Waals surface area contributed by atoms with Gasteiger partial charge in [-0.15, -0.1) is 0 Å². The Balaban J connectivity index is 1.80. The minimum atomic E-state index is -4.52. The van der Waals surface area contributed by atoms with Crippen LogP contribution in [0.1, 0.15) is 18.1 Å². The van der Waals surface area contributed by atoms with Crippen molar-refractivity contribution in [2.75, 3.05) is 5.75 Å². The number of nitrogens with one attached hydrogen (secondary N) is 1. The Morgan fingerprint density at radius 1 is 1.28 bits per heavy atom. The number of amidine groups is 1. The van der Waals surface area contributed by atoms with Crippen LogP contribution < -0.4 is 5.32 Å². The molecule has 2 heterocycles. The second-order valence-electron chi connectivity index (χ2n) is 6.07. The highest BCUT2D eigenvalue weighted by molar-refractivity contribution is 8.14. The van der Waals surface area contributed by atoms with Gasteiger partial charge in [0.1, 0.15) is 11.5 Å². The van der Waals surface area contributed by atoms with Gasteiger partial charge in [0.25, 0.3) is 5.91 Å². The molecule has 10 heteroatoms. The zero-order valence-corrected chi connectivity index (χ0v) is 16.5. The van der Waals surface area contributed by atoms with E-state index >= 15 is 0 Å². The van der Waals surface area contributed by atoms with Gasteiger partial charge in [0, 0.05) is 11.8 Å². The normalized spacial score (nSPS) is 15.4. The van der Waals surface area contributed by atoms with Crippen molar-refractivity contribution < 1.29 is 22.8 Å². The first-order valence-electron chi connectivity index (χ1n) is 8.20. The lowest BCUT2D eigenvalue weighted by atomic mass is 10.1. The molecule has 2 aromatic rings. The number of halogens is 4. The van der Waals surface area contributed by atoms with Gasteiger partial charge in [0.2, 0.25) is 0 Å². The van der Waals surface area contributed by atoms with Crippen molar-refractivity contribution in [2.24, 2.45) is 4.99 Å². The molecule has 29 heavy (non-hydrogen) atoms. The van der Waals surface area contributed by atoms with Gasteiger partial charge >= 0.3 is 6.18 Å². The summed E-state index contributed by atoms with van der Waals surface area (Å²) in [6, 6.07) is 7.44. The minimum absolute atomic E-state index is 0.0319. The van der Waals surface area contributed by atoms with E-state index in [1.54, 1.807) is 30.3 Å². The number of aliphatic imine (C=N–C) groups is 1. The molecule has 0 unspecified atom stereocenters. The number of alkyl halides is 3. The molecule has 3 rings (SSSR count). The third-order valence-corrected chi connectivity index (χ3v) is 5.05. The summed E-state index contributed by atoms with van der Waals surface area (Å²) < 4.78 is 38.2. The van der Waals surface area contributed by atoms with E-state index in [1.807, 2.05) is 0 Å². The zero-order valence-electron chi connectivity index (χ0n) is 14.9. The van der Waals surface area contributed by atoms with Gasteiger partial charge < -0.3 is 0 Å². The quantitative estimate of drug-likeness (QED) is 0.708. The van der Waals surface area contributed by atoms with E-state index in [2.05, 4.69) is 15.3 Å².